The number of rotatable bonds is 3. The van der Waals surface area contributed by atoms with Crippen LogP contribution in [0.1, 0.15) is 25.3 Å². The average Bonchev–Trinajstić information content (AvgIpc) is 2.50. The van der Waals surface area contributed by atoms with Gasteiger partial charge in [0.2, 0.25) is 0 Å². The van der Waals surface area contributed by atoms with Gasteiger partial charge >= 0.3 is 11.8 Å². The summed E-state index contributed by atoms with van der Waals surface area (Å²) in [6, 6.07) is 12.0. The molecular weight excluding hydrogens is 314 g/mol. The van der Waals surface area contributed by atoms with Gasteiger partial charge in [-0.3, -0.25) is 9.59 Å². The van der Waals surface area contributed by atoms with Gasteiger partial charge in [0.25, 0.3) is 0 Å². The maximum absolute atomic E-state index is 12.1. The molecule has 23 heavy (non-hydrogen) atoms. The summed E-state index contributed by atoms with van der Waals surface area (Å²) in [6.45, 7) is 4.03. The molecule has 6 heteroatoms. The lowest BCUT2D eigenvalue weighted by atomic mass is 10.0. The van der Waals surface area contributed by atoms with Crippen LogP contribution in [0.4, 0.5) is 17.1 Å². The van der Waals surface area contributed by atoms with Crippen LogP contribution in [0.3, 0.4) is 0 Å². The number of anilines is 3. The number of nitrogen functional groups attached to an aromatic ring is 1. The monoisotopic (exact) mass is 331 g/mol. The molecule has 2 aromatic carbocycles. The average molecular weight is 332 g/mol. The minimum atomic E-state index is -0.796. The van der Waals surface area contributed by atoms with Gasteiger partial charge in [-0.15, -0.1) is 0 Å². The fourth-order valence-corrected chi connectivity index (χ4v) is 2.34. The van der Waals surface area contributed by atoms with Crippen molar-refractivity contribution < 1.29 is 9.59 Å². The number of amides is 2. The highest BCUT2D eigenvalue weighted by atomic mass is 35.5. The van der Waals surface area contributed by atoms with E-state index in [1.807, 2.05) is 26.0 Å². The van der Waals surface area contributed by atoms with Gasteiger partial charge in [-0.05, 0) is 35.7 Å². The van der Waals surface area contributed by atoms with Gasteiger partial charge < -0.3 is 16.4 Å². The first-order valence-corrected chi connectivity index (χ1v) is 7.52. The van der Waals surface area contributed by atoms with E-state index < -0.39 is 11.8 Å². The first-order chi connectivity index (χ1) is 10.9. The van der Waals surface area contributed by atoms with Gasteiger partial charge in [0.05, 0.1) is 10.7 Å². The van der Waals surface area contributed by atoms with Crippen LogP contribution in [0.5, 0.6) is 0 Å². The third kappa shape index (κ3) is 4.23. The van der Waals surface area contributed by atoms with Crippen LogP contribution in [0.15, 0.2) is 42.5 Å². The number of para-hydroxylation sites is 1. The van der Waals surface area contributed by atoms with E-state index in [0.717, 1.165) is 5.56 Å². The first-order valence-electron chi connectivity index (χ1n) is 7.14. The molecule has 0 heterocycles. The van der Waals surface area contributed by atoms with Crippen LogP contribution in [0.25, 0.3) is 0 Å². The Morgan fingerprint density at radius 3 is 2.22 bits per heavy atom. The summed E-state index contributed by atoms with van der Waals surface area (Å²) in [7, 11) is 0. The van der Waals surface area contributed by atoms with Crippen LogP contribution in [0, 0.1) is 0 Å². The van der Waals surface area contributed by atoms with Gasteiger partial charge in [-0.25, -0.2) is 0 Å². The van der Waals surface area contributed by atoms with Crippen molar-refractivity contribution in [1.29, 1.82) is 0 Å². The third-order valence-corrected chi connectivity index (χ3v) is 3.59. The highest BCUT2D eigenvalue weighted by Gasteiger charge is 2.17. The Kier molecular flexibility index (Phi) is 5.24. The Morgan fingerprint density at radius 2 is 1.61 bits per heavy atom. The summed E-state index contributed by atoms with van der Waals surface area (Å²) in [6.07, 6.45) is 0. The molecule has 0 fully saturated rings. The van der Waals surface area contributed by atoms with E-state index in [1.54, 1.807) is 24.3 Å². The SMILES string of the molecule is CC(C)c1ccccc1NC(=O)C(=O)Nc1ccc(N)cc1Cl. The van der Waals surface area contributed by atoms with E-state index in [1.165, 1.54) is 6.07 Å². The zero-order valence-electron chi connectivity index (χ0n) is 12.9. The predicted molar refractivity (Wildman–Crippen MR) is 93.7 cm³/mol. The molecule has 2 amide bonds. The second kappa shape index (κ2) is 7.15. The molecule has 0 spiro atoms. The standard InChI is InChI=1S/C17H18ClN3O2/c1-10(2)12-5-3-4-6-14(12)20-16(22)17(23)21-15-8-7-11(19)9-13(15)18/h3-10H,19H2,1-2H3,(H,20,22)(H,21,23). The largest absolute Gasteiger partial charge is 0.399 e. The van der Waals surface area contributed by atoms with Gasteiger partial charge in [-0.2, -0.15) is 0 Å². The Morgan fingerprint density at radius 1 is 1.00 bits per heavy atom. The Balaban J connectivity index is 2.10. The number of carbonyl (C=O) groups excluding carboxylic acids is 2. The molecule has 0 radical (unpaired) electrons. The van der Waals surface area contributed by atoms with E-state index in [0.29, 0.717) is 17.1 Å². The lowest BCUT2D eigenvalue weighted by Crippen LogP contribution is -2.29. The highest BCUT2D eigenvalue weighted by molar-refractivity contribution is 6.45. The number of benzene rings is 2. The van der Waals surface area contributed by atoms with Crippen molar-refractivity contribution in [3.05, 3.63) is 53.1 Å². The summed E-state index contributed by atoms with van der Waals surface area (Å²) in [4.78, 5) is 24.1. The van der Waals surface area contributed by atoms with Crippen molar-refractivity contribution in [2.75, 3.05) is 16.4 Å². The van der Waals surface area contributed by atoms with Crippen LogP contribution >= 0.6 is 11.6 Å². The van der Waals surface area contributed by atoms with Crippen molar-refractivity contribution in [2.45, 2.75) is 19.8 Å². The molecule has 0 aromatic heterocycles. The summed E-state index contributed by atoms with van der Waals surface area (Å²) < 4.78 is 0. The Hall–Kier alpha value is -2.53. The zero-order chi connectivity index (χ0) is 17.0. The fraction of sp³-hybridized carbons (Fsp3) is 0.176. The van der Waals surface area contributed by atoms with Gasteiger partial charge in [0.15, 0.2) is 0 Å². The van der Waals surface area contributed by atoms with E-state index in [9.17, 15) is 9.59 Å². The second-order valence-corrected chi connectivity index (χ2v) is 5.80. The topological polar surface area (TPSA) is 84.2 Å². The normalized spacial score (nSPS) is 10.4. The zero-order valence-corrected chi connectivity index (χ0v) is 13.6. The van der Waals surface area contributed by atoms with E-state index in [-0.39, 0.29) is 10.9 Å². The van der Waals surface area contributed by atoms with Crippen LogP contribution in [-0.2, 0) is 9.59 Å². The van der Waals surface area contributed by atoms with Crippen molar-refractivity contribution >= 4 is 40.5 Å². The maximum atomic E-state index is 12.1. The van der Waals surface area contributed by atoms with Crippen LogP contribution in [-0.4, -0.2) is 11.8 Å². The van der Waals surface area contributed by atoms with Crippen molar-refractivity contribution in [1.82, 2.24) is 0 Å². The molecule has 0 unspecified atom stereocenters. The molecular formula is C17H18ClN3O2. The highest BCUT2D eigenvalue weighted by Crippen LogP contribution is 2.25. The molecule has 0 aliphatic heterocycles. The molecule has 4 N–H and O–H groups in total. The number of halogens is 1. The third-order valence-electron chi connectivity index (χ3n) is 3.28. The molecule has 2 aromatic rings. The molecule has 0 atom stereocenters. The number of nitrogens with one attached hydrogen (secondary N) is 2. The minimum Gasteiger partial charge on any atom is -0.399 e. The lowest BCUT2D eigenvalue weighted by Gasteiger charge is -2.13. The Labute approximate surface area is 139 Å². The van der Waals surface area contributed by atoms with Crippen LogP contribution < -0.4 is 16.4 Å². The molecule has 0 aliphatic carbocycles. The number of carbonyl (C=O) groups is 2. The number of nitrogens with two attached hydrogens (primary N) is 1. The molecule has 0 bridgehead atoms. The van der Waals surface area contributed by atoms with Gasteiger partial charge in [0, 0.05) is 11.4 Å². The van der Waals surface area contributed by atoms with E-state index in [2.05, 4.69) is 10.6 Å². The first kappa shape index (κ1) is 16.8. The smallest absolute Gasteiger partial charge is 0.314 e. The molecule has 0 saturated heterocycles. The molecule has 120 valence electrons. The van der Waals surface area contributed by atoms with Gasteiger partial charge in [0.1, 0.15) is 0 Å². The van der Waals surface area contributed by atoms with E-state index in [4.69, 9.17) is 17.3 Å². The van der Waals surface area contributed by atoms with E-state index >= 15 is 0 Å². The molecule has 0 aliphatic rings. The van der Waals surface area contributed by atoms with Gasteiger partial charge in [-0.1, -0.05) is 43.6 Å². The second-order valence-electron chi connectivity index (χ2n) is 5.39. The lowest BCUT2D eigenvalue weighted by molar-refractivity contribution is -0.133. The number of hydrogen-bond acceptors (Lipinski definition) is 3. The molecule has 0 saturated carbocycles. The summed E-state index contributed by atoms with van der Waals surface area (Å²) in [5.74, 6) is -1.33. The summed E-state index contributed by atoms with van der Waals surface area (Å²) in [5, 5.41) is 5.36. The summed E-state index contributed by atoms with van der Waals surface area (Å²) >= 11 is 5.98. The van der Waals surface area contributed by atoms with Crippen molar-refractivity contribution in [3.8, 4) is 0 Å². The predicted octanol–water partition coefficient (Wildman–Crippen LogP) is 3.62. The van der Waals surface area contributed by atoms with Crippen LogP contribution in [0.2, 0.25) is 5.02 Å². The van der Waals surface area contributed by atoms with Crippen molar-refractivity contribution in [3.63, 3.8) is 0 Å². The molecule has 5 nitrogen and oxygen atoms in total. The van der Waals surface area contributed by atoms with Crippen molar-refractivity contribution in [2.24, 2.45) is 0 Å². The minimum absolute atomic E-state index is 0.223. The quantitative estimate of drug-likeness (QED) is 0.593. The molecule has 2 rings (SSSR count). The Bertz CT molecular complexity index is 744. The fourth-order valence-electron chi connectivity index (χ4n) is 2.11. The maximum Gasteiger partial charge on any atom is 0.314 e. The number of hydrogen-bond donors (Lipinski definition) is 3. The summed E-state index contributed by atoms with van der Waals surface area (Å²) in [5.41, 5.74) is 7.97.